The molecule has 1 aromatic carbocycles. The van der Waals surface area contributed by atoms with E-state index in [0.29, 0.717) is 18.0 Å². The van der Waals surface area contributed by atoms with Gasteiger partial charge in [0.2, 0.25) is 0 Å². The molecule has 4 rings (SSSR count). The molecule has 3 aromatic heterocycles. The summed E-state index contributed by atoms with van der Waals surface area (Å²) < 4.78 is 7.44. The first-order chi connectivity index (χ1) is 13.7. The number of rotatable bonds is 7. The van der Waals surface area contributed by atoms with E-state index in [0.717, 1.165) is 28.5 Å². The molecule has 0 saturated carbocycles. The molecule has 7 heteroatoms. The van der Waals surface area contributed by atoms with Crippen LogP contribution in [0.4, 0.5) is 0 Å². The van der Waals surface area contributed by atoms with Gasteiger partial charge < -0.3 is 14.4 Å². The quantitative estimate of drug-likeness (QED) is 0.534. The lowest BCUT2D eigenvalue weighted by Gasteiger charge is -2.08. The Labute approximate surface area is 161 Å². The number of carboxylic acid groups (broad SMARTS) is 1. The van der Waals surface area contributed by atoms with E-state index in [1.54, 1.807) is 29.4 Å². The van der Waals surface area contributed by atoms with Crippen molar-refractivity contribution in [3.63, 3.8) is 0 Å². The molecule has 0 aliphatic rings. The Hall–Kier alpha value is -3.74. The third-order valence-electron chi connectivity index (χ3n) is 4.36. The van der Waals surface area contributed by atoms with Crippen LogP contribution in [-0.2, 0) is 17.8 Å². The van der Waals surface area contributed by atoms with Crippen LogP contribution in [0.2, 0.25) is 0 Å². The molecule has 0 amide bonds. The van der Waals surface area contributed by atoms with Crippen molar-refractivity contribution in [3.8, 4) is 16.9 Å². The summed E-state index contributed by atoms with van der Waals surface area (Å²) in [6.07, 6.45) is 9.19. The van der Waals surface area contributed by atoms with E-state index in [1.807, 2.05) is 24.3 Å². The highest BCUT2D eigenvalue weighted by atomic mass is 16.5. The molecular weight excluding hydrogens is 356 g/mol. The van der Waals surface area contributed by atoms with Crippen molar-refractivity contribution >= 4 is 17.0 Å². The number of nitrogens with zero attached hydrogens (tertiary/aromatic N) is 4. The largest absolute Gasteiger partial charge is 0.492 e. The van der Waals surface area contributed by atoms with Crippen LogP contribution in [-0.4, -0.2) is 37.2 Å². The summed E-state index contributed by atoms with van der Waals surface area (Å²) in [4.78, 5) is 23.3. The normalized spacial score (nSPS) is 10.9. The second-order valence-corrected chi connectivity index (χ2v) is 6.35. The van der Waals surface area contributed by atoms with E-state index in [9.17, 15) is 4.79 Å². The van der Waals surface area contributed by atoms with E-state index in [-0.39, 0.29) is 6.54 Å². The summed E-state index contributed by atoms with van der Waals surface area (Å²) in [7, 11) is 0. The lowest BCUT2D eigenvalue weighted by atomic mass is 10.0. The van der Waals surface area contributed by atoms with Gasteiger partial charge in [0.1, 0.15) is 24.3 Å². The van der Waals surface area contributed by atoms with Crippen LogP contribution < -0.4 is 4.74 Å². The van der Waals surface area contributed by atoms with Gasteiger partial charge in [-0.2, -0.15) is 0 Å². The third kappa shape index (κ3) is 3.98. The third-order valence-corrected chi connectivity index (χ3v) is 4.36. The highest BCUT2D eigenvalue weighted by molar-refractivity contribution is 5.79. The van der Waals surface area contributed by atoms with Gasteiger partial charge in [0.15, 0.2) is 0 Å². The first-order valence-electron chi connectivity index (χ1n) is 8.83. The maximum Gasteiger partial charge on any atom is 0.323 e. The van der Waals surface area contributed by atoms with Crippen LogP contribution in [0, 0.1) is 0 Å². The molecule has 3 heterocycles. The van der Waals surface area contributed by atoms with E-state index in [1.165, 1.54) is 6.33 Å². The Kier molecular flexibility index (Phi) is 4.97. The monoisotopic (exact) mass is 374 g/mol. The zero-order valence-electron chi connectivity index (χ0n) is 15.0. The molecule has 4 aromatic rings. The van der Waals surface area contributed by atoms with Crippen LogP contribution in [0.25, 0.3) is 22.2 Å². The highest BCUT2D eigenvalue weighted by Gasteiger charge is 2.07. The number of ether oxygens (including phenoxy) is 1. The number of hydrogen-bond donors (Lipinski definition) is 1. The van der Waals surface area contributed by atoms with E-state index < -0.39 is 5.97 Å². The number of benzene rings is 1. The number of aromatic nitrogens is 4. The molecule has 7 nitrogen and oxygen atoms in total. The van der Waals surface area contributed by atoms with Gasteiger partial charge >= 0.3 is 5.97 Å². The summed E-state index contributed by atoms with van der Waals surface area (Å²) in [5.74, 6) is -0.239. The average Bonchev–Trinajstić information content (AvgIpc) is 3.10. The molecule has 140 valence electrons. The molecule has 0 atom stereocenters. The minimum absolute atomic E-state index is 0.112. The SMILES string of the molecule is O=C(O)Cn1ccc2cc(OCCc3cccc(-c4cncnc4)c3)cnc21. The number of pyridine rings is 1. The molecule has 0 bridgehead atoms. The number of hydrogen-bond acceptors (Lipinski definition) is 5. The molecule has 28 heavy (non-hydrogen) atoms. The lowest BCUT2D eigenvalue weighted by molar-refractivity contribution is -0.137. The van der Waals surface area contributed by atoms with Crippen molar-refractivity contribution in [2.45, 2.75) is 13.0 Å². The Balaban J connectivity index is 1.41. The van der Waals surface area contributed by atoms with Gasteiger partial charge in [-0.05, 0) is 23.3 Å². The number of aliphatic carboxylic acids is 1. The number of fused-ring (bicyclic) bond motifs is 1. The second kappa shape index (κ2) is 7.87. The fraction of sp³-hybridized carbons (Fsp3) is 0.143. The van der Waals surface area contributed by atoms with Gasteiger partial charge in [-0.15, -0.1) is 0 Å². The van der Waals surface area contributed by atoms with Gasteiger partial charge in [-0.3, -0.25) is 4.79 Å². The van der Waals surface area contributed by atoms with Crippen LogP contribution in [0.3, 0.4) is 0 Å². The van der Waals surface area contributed by atoms with Gasteiger partial charge in [-0.25, -0.2) is 15.0 Å². The van der Waals surface area contributed by atoms with Crippen molar-refractivity contribution in [1.82, 2.24) is 19.5 Å². The predicted molar refractivity (Wildman–Crippen MR) is 104 cm³/mol. The average molecular weight is 374 g/mol. The summed E-state index contributed by atoms with van der Waals surface area (Å²) in [5.41, 5.74) is 3.84. The Morgan fingerprint density at radius 1 is 1.07 bits per heavy atom. The van der Waals surface area contributed by atoms with Crippen molar-refractivity contribution in [2.75, 3.05) is 6.61 Å². The molecular formula is C21H18N4O3. The second-order valence-electron chi connectivity index (χ2n) is 6.35. The summed E-state index contributed by atoms with van der Waals surface area (Å²) in [6, 6.07) is 11.9. The van der Waals surface area contributed by atoms with Crippen molar-refractivity contribution < 1.29 is 14.6 Å². The zero-order chi connectivity index (χ0) is 19.3. The zero-order valence-corrected chi connectivity index (χ0v) is 15.0. The predicted octanol–water partition coefficient (Wildman–Crippen LogP) is 3.20. The molecule has 1 N–H and O–H groups in total. The standard InChI is InChI=1S/C21H18N4O3/c26-20(27)13-25-6-4-17-9-19(12-24-21(17)25)28-7-5-15-2-1-3-16(8-15)18-10-22-14-23-11-18/h1-4,6,8-12,14H,5,7,13H2,(H,26,27). The highest BCUT2D eigenvalue weighted by Crippen LogP contribution is 2.21. The minimum Gasteiger partial charge on any atom is -0.492 e. The number of carboxylic acids is 1. The first kappa shape index (κ1) is 17.7. The minimum atomic E-state index is -0.899. The lowest BCUT2D eigenvalue weighted by Crippen LogP contribution is -2.08. The van der Waals surface area contributed by atoms with Crippen molar-refractivity contribution in [2.24, 2.45) is 0 Å². The smallest absolute Gasteiger partial charge is 0.323 e. The van der Waals surface area contributed by atoms with Gasteiger partial charge in [0.25, 0.3) is 0 Å². The topological polar surface area (TPSA) is 90.1 Å². The summed E-state index contributed by atoms with van der Waals surface area (Å²) in [5, 5.41) is 9.79. The molecule has 0 saturated heterocycles. The molecule has 0 aliphatic heterocycles. The van der Waals surface area contributed by atoms with Gasteiger partial charge in [0.05, 0.1) is 12.8 Å². The Morgan fingerprint density at radius 3 is 2.75 bits per heavy atom. The first-order valence-corrected chi connectivity index (χ1v) is 8.83. The fourth-order valence-electron chi connectivity index (χ4n) is 3.05. The molecule has 0 aliphatic carbocycles. The maximum atomic E-state index is 10.9. The van der Waals surface area contributed by atoms with E-state index in [2.05, 4.69) is 27.1 Å². The number of carbonyl (C=O) groups is 1. The summed E-state index contributed by atoms with van der Waals surface area (Å²) in [6.45, 7) is 0.400. The molecule has 0 unspecified atom stereocenters. The van der Waals surface area contributed by atoms with Crippen LogP contribution >= 0.6 is 0 Å². The molecule has 0 fully saturated rings. The molecule has 0 radical (unpaired) electrons. The Morgan fingerprint density at radius 2 is 1.93 bits per heavy atom. The van der Waals surface area contributed by atoms with Gasteiger partial charge in [0, 0.05) is 36.0 Å². The summed E-state index contributed by atoms with van der Waals surface area (Å²) >= 11 is 0. The fourth-order valence-corrected chi connectivity index (χ4v) is 3.05. The van der Waals surface area contributed by atoms with Crippen LogP contribution in [0.5, 0.6) is 5.75 Å². The Bertz CT molecular complexity index is 1110. The van der Waals surface area contributed by atoms with Crippen molar-refractivity contribution in [3.05, 3.63) is 73.1 Å². The van der Waals surface area contributed by atoms with Crippen LogP contribution in [0.15, 0.2) is 67.5 Å². The maximum absolute atomic E-state index is 10.9. The van der Waals surface area contributed by atoms with Crippen molar-refractivity contribution in [1.29, 1.82) is 0 Å². The van der Waals surface area contributed by atoms with E-state index in [4.69, 9.17) is 9.84 Å². The van der Waals surface area contributed by atoms with Crippen LogP contribution in [0.1, 0.15) is 5.56 Å². The van der Waals surface area contributed by atoms with Gasteiger partial charge in [-0.1, -0.05) is 24.3 Å². The molecule has 0 spiro atoms. The van der Waals surface area contributed by atoms with E-state index >= 15 is 0 Å².